The molecule has 0 bridgehead atoms. The summed E-state index contributed by atoms with van der Waals surface area (Å²) in [5, 5.41) is 3.48. The van der Waals surface area contributed by atoms with Gasteiger partial charge < -0.3 is 15.0 Å². The molecule has 24 heavy (non-hydrogen) atoms. The lowest BCUT2D eigenvalue weighted by molar-refractivity contribution is 0.0217. The molecule has 3 aliphatic rings. The number of ether oxygens (including phenoxy) is 1. The van der Waals surface area contributed by atoms with Crippen LogP contribution in [0.2, 0.25) is 0 Å². The van der Waals surface area contributed by atoms with Gasteiger partial charge in [0.15, 0.2) is 15.8 Å². The van der Waals surface area contributed by atoms with Crippen LogP contribution in [0.25, 0.3) is 0 Å². The van der Waals surface area contributed by atoms with E-state index in [2.05, 4.69) is 24.1 Å². The van der Waals surface area contributed by atoms with Crippen molar-refractivity contribution in [1.29, 1.82) is 0 Å². The summed E-state index contributed by atoms with van der Waals surface area (Å²) in [4.78, 5) is 7.18. The molecule has 0 radical (unpaired) electrons. The number of sulfone groups is 1. The Labute approximate surface area is 146 Å². The highest BCUT2D eigenvalue weighted by atomic mass is 32.2. The van der Waals surface area contributed by atoms with Crippen molar-refractivity contribution in [2.75, 3.05) is 44.4 Å². The molecular formula is C17H31N3O3S. The Morgan fingerprint density at radius 3 is 2.71 bits per heavy atom. The second-order valence-corrected chi connectivity index (χ2v) is 10.2. The maximum atomic E-state index is 11.6. The zero-order valence-corrected chi connectivity index (χ0v) is 15.8. The number of guanidine groups is 1. The fourth-order valence-corrected chi connectivity index (χ4v) is 5.90. The van der Waals surface area contributed by atoms with Gasteiger partial charge in [0.05, 0.1) is 11.5 Å². The minimum Gasteiger partial charge on any atom is -0.381 e. The molecule has 1 unspecified atom stereocenters. The molecule has 6 nitrogen and oxygen atoms in total. The van der Waals surface area contributed by atoms with E-state index < -0.39 is 9.84 Å². The molecule has 3 rings (SSSR count). The quantitative estimate of drug-likeness (QED) is 0.608. The van der Waals surface area contributed by atoms with E-state index in [0.717, 1.165) is 51.5 Å². The van der Waals surface area contributed by atoms with Crippen molar-refractivity contribution in [2.45, 2.75) is 45.6 Å². The van der Waals surface area contributed by atoms with Crippen LogP contribution in [0.5, 0.6) is 0 Å². The number of hydrogen-bond donors (Lipinski definition) is 1. The fourth-order valence-electron chi connectivity index (χ4n) is 4.06. The van der Waals surface area contributed by atoms with Gasteiger partial charge in [0.2, 0.25) is 0 Å². The van der Waals surface area contributed by atoms with Gasteiger partial charge in [-0.1, -0.05) is 0 Å². The number of likely N-dealkylation sites (tertiary alicyclic amines) is 1. The van der Waals surface area contributed by atoms with Crippen LogP contribution in [0.4, 0.5) is 0 Å². The summed E-state index contributed by atoms with van der Waals surface area (Å²) in [7, 11) is -2.82. The van der Waals surface area contributed by atoms with Crippen molar-refractivity contribution >= 4 is 15.8 Å². The summed E-state index contributed by atoms with van der Waals surface area (Å²) in [6, 6.07) is 0.322. The molecular weight excluding hydrogens is 326 g/mol. The van der Waals surface area contributed by atoms with Gasteiger partial charge in [0.25, 0.3) is 0 Å². The van der Waals surface area contributed by atoms with Gasteiger partial charge in [-0.25, -0.2) is 8.42 Å². The molecule has 0 aromatic carbocycles. The van der Waals surface area contributed by atoms with Crippen LogP contribution >= 0.6 is 0 Å². The van der Waals surface area contributed by atoms with E-state index >= 15 is 0 Å². The molecule has 0 aliphatic carbocycles. The lowest BCUT2D eigenvalue weighted by atomic mass is 9.80. The van der Waals surface area contributed by atoms with E-state index in [9.17, 15) is 8.42 Å². The van der Waals surface area contributed by atoms with Crippen LogP contribution in [0.1, 0.15) is 39.5 Å². The molecule has 7 heteroatoms. The molecule has 3 aliphatic heterocycles. The number of rotatable bonds is 3. The minimum absolute atomic E-state index is 0.179. The van der Waals surface area contributed by atoms with Gasteiger partial charge in [-0.05, 0) is 50.9 Å². The summed E-state index contributed by atoms with van der Waals surface area (Å²) in [5.74, 6) is 1.76. The van der Waals surface area contributed by atoms with Crippen LogP contribution in [0.15, 0.2) is 4.99 Å². The maximum absolute atomic E-state index is 11.6. The van der Waals surface area contributed by atoms with Crippen molar-refractivity contribution in [2.24, 2.45) is 16.3 Å². The van der Waals surface area contributed by atoms with Gasteiger partial charge >= 0.3 is 0 Å². The highest BCUT2D eigenvalue weighted by molar-refractivity contribution is 7.91. The average Bonchev–Trinajstić information content (AvgIpc) is 3.08. The van der Waals surface area contributed by atoms with E-state index in [1.54, 1.807) is 0 Å². The van der Waals surface area contributed by atoms with Crippen LogP contribution in [-0.4, -0.2) is 69.7 Å². The lowest BCUT2D eigenvalue weighted by Gasteiger charge is -2.34. The predicted octanol–water partition coefficient (Wildman–Crippen LogP) is 1.28. The smallest absolute Gasteiger partial charge is 0.194 e. The summed E-state index contributed by atoms with van der Waals surface area (Å²) in [5.41, 5.74) is 0.383. The number of nitrogens with one attached hydrogen (secondary N) is 1. The van der Waals surface area contributed by atoms with Crippen molar-refractivity contribution in [3.8, 4) is 0 Å². The third-order valence-electron chi connectivity index (χ3n) is 5.54. The summed E-state index contributed by atoms with van der Waals surface area (Å²) in [6.07, 6.45) is 4.23. The highest BCUT2D eigenvalue weighted by Crippen LogP contribution is 2.39. The van der Waals surface area contributed by atoms with Gasteiger partial charge in [0, 0.05) is 38.9 Å². The summed E-state index contributed by atoms with van der Waals surface area (Å²) >= 11 is 0. The monoisotopic (exact) mass is 357 g/mol. The zero-order chi connectivity index (χ0) is 17.2. The average molecular weight is 358 g/mol. The Morgan fingerprint density at radius 1 is 1.33 bits per heavy atom. The van der Waals surface area contributed by atoms with Gasteiger partial charge in [-0.15, -0.1) is 0 Å². The Hall–Kier alpha value is -0.820. The zero-order valence-electron chi connectivity index (χ0n) is 15.0. The van der Waals surface area contributed by atoms with Crippen LogP contribution in [0, 0.1) is 11.3 Å². The van der Waals surface area contributed by atoms with Gasteiger partial charge in [-0.2, -0.15) is 0 Å². The lowest BCUT2D eigenvalue weighted by Crippen LogP contribution is -2.45. The molecule has 1 atom stereocenters. The van der Waals surface area contributed by atoms with Crippen LogP contribution < -0.4 is 5.32 Å². The number of aliphatic imine (C=N–C) groups is 1. The molecule has 3 heterocycles. The van der Waals surface area contributed by atoms with Crippen molar-refractivity contribution in [3.63, 3.8) is 0 Å². The Bertz CT molecular complexity index is 568. The molecule has 0 aromatic heterocycles. The first-order valence-electron chi connectivity index (χ1n) is 9.22. The maximum Gasteiger partial charge on any atom is 0.194 e. The SMILES string of the molecule is CC(C)NC(=NCC1CCS(=O)(=O)C1)N1CCC2(CCOCC2)C1. The second-order valence-electron chi connectivity index (χ2n) is 8.02. The Kier molecular flexibility index (Phi) is 5.39. The molecule has 1 spiro atoms. The van der Waals surface area contributed by atoms with Crippen molar-refractivity contribution in [1.82, 2.24) is 10.2 Å². The topological polar surface area (TPSA) is 71.0 Å². The number of hydrogen-bond acceptors (Lipinski definition) is 4. The molecule has 0 amide bonds. The second kappa shape index (κ2) is 7.20. The van der Waals surface area contributed by atoms with Crippen molar-refractivity contribution in [3.05, 3.63) is 0 Å². The Morgan fingerprint density at radius 2 is 2.08 bits per heavy atom. The molecule has 3 fully saturated rings. The predicted molar refractivity (Wildman–Crippen MR) is 96.0 cm³/mol. The van der Waals surface area contributed by atoms with E-state index in [-0.39, 0.29) is 5.92 Å². The number of nitrogens with zero attached hydrogens (tertiary/aromatic N) is 2. The van der Waals surface area contributed by atoms with E-state index in [1.165, 1.54) is 6.42 Å². The van der Waals surface area contributed by atoms with E-state index in [1.807, 2.05) is 0 Å². The largest absolute Gasteiger partial charge is 0.381 e. The normalized spacial score (nSPS) is 29.5. The molecule has 0 aromatic rings. The minimum atomic E-state index is -2.82. The van der Waals surface area contributed by atoms with Crippen LogP contribution in [-0.2, 0) is 14.6 Å². The molecule has 0 saturated carbocycles. The van der Waals surface area contributed by atoms with Gasteiger partial charge in [-0.3, -0.25) is 4.99 Å². The third-order valence-corrected chi connectivity index (χ3v) is 7.37. The standard InChI is InChI=1S/C17H31N3O3S/c1-14(2)19-16(18-11-15-3-10-24(21,22)12-15)20-7-4-17(13-20)5-8-23-9-6-17/h14-15H,3-13H2,1-2H3,(H,18,19). The first-order valence-corrected chi connectivity index (χ1v) is 11.0. The molecule has 138 valence electrons. The van der Waals surface area contributed by atoms with Crippen molar-refractivity contribution < 1.29 is 13.2 Å². The molecule has 3 saturated heterocycles. The Balaban J connectivity index is 1.64. The highest BCUT2D eigenvalue weighted by Gasteiger charge is 2.40. The molecule has 1 N–H and O–H groups in total. The van der Waals surface area contributed by atoms with Gasteiger partial charge in [0.1, 0.15) is 0 Å². The third kappa shape index (κ3) is 4.42. The van der Waals surface area contributed by atoms with Crippen LogP contribution in [0.3, 0.4) is 0 Å². The van der Waals surface area contributed by atoms with E-state index in [4.69, 9.17) is 9.73 Å². The summed E-state index contributed by atoms with van der Waals surface area (Å²) in [6.45, 7) is 8.67. The summed E-state index contributed by atoms with van der Waals surface area (Å²) < 4.78 is 28.8. The first-order chi connectivity index (χ1) is 11.4. The fraction of sp³-hybridized carbons (Fsp3) is 0.941. The van der Waals surface area contributed by atoms with E-state index in [0.29, 0.717) is 29.5 Å². The first kappa shape index (κ1) is 18.0.